The van der Waals surface area contributed by atoms with Crippen LogP contribution in [0, 0.1) is 11.8 Å². The quantitative estimate of drug-likeness (QED) is 0.719. The van der Waals surface area contributed by atoms with E-state index >= 15 is 0 Å². The molecule has 112 valence electrons. The van der Waals surface area contributed by atoms with Gasteiger partial charge in [0.2, 0.25) is 0 Å². The number of para-hydroxylation sites is 1. The summed E-state index contributed by atoms with van der Waals surface area (Å²) in [5.41, 5.74) is 2.11. The fraction of sp³-hybridized carbons (Fsp3) is 0.526. The number of fused-ring (bicyclic) bond motifs is 1. The Hall–Kier alpha value is -1.57. The van der Waals surface area contributed by atoms with Gasteiger partial charge in [-0.2, -0.15) is 0 Å². The normalized spacial score (nSPS) is 16.7. The molecule has 0 atom stereocenters. The first kappa shape index (κ1) is 14.4. The molecule has 1 saturated carbocycles. The number of hydrogen-bond donors (Lipinski definition) is 0. The summed E-state index contributed by atoms with van der Waals surface area (Å²) in [6.45, 7) is 5.02. The van der Waals surface area contributed by atoms with Crippen molar-refractivity contribution in [3.05, 3.63) is 36.0 Å². The van der Waals surface area contributed by atoms with Gasteiger partial charge < -0.3 is 4.57 Å². The molecule has 1 heterocycles. The Morgan fingerprint density at radius 3 is 2.62 bits per heavy atom. The molecule has 1 aromatic heterocycles. The molecule has 0 unspecified atom stereocenters. The molecule has 0 aliphatic heterocycles. The molecule has 1 aromatic carbocycles. The van der Waals surface area contributed by atoms with Gasteiger partial charge in [0.05, 0.1) is 0 Å². The number of carbonyl (C=O) groups is 1. The number of ketones is 1. The first-order valence-corrected chi connectivity index (χ1v) is 8.29. The standard InChI is InChI=1S/C19H25NO/c1-14(2)19(21)17-13-20(12-15-8-4-3-5-9-15)18-11-7-6-10-16(17)18/h6-7,10-11,13-15H,3-5,8-9,12H2,1-2H3. The van der Waals surface area contributed by atoms with Crippen LogP contribution < -0.4 is 0 Å². The molecule has 0 N–H and O–H groups in total. The minimum absolute atomic E-state index is 0.0546. The maximum absolute atomic E-state index is 12.5. The van der Waals surface area contributed by atoms with Crippen LogP contribution in [-0.4, -0.2) is 10.4 Å². The summed E-state index contributed by atoms with van der Waals surface area (Å²) in [5.74, 6) is 1.09. The van der Waals surface area contributed by atoms with Crippen LogP contribution in [0.5, 0.6) is 0 Å². The monoisotopic (exact) mass is 283 g/mol. The third-order valence-corrected chi connectivity index (χ3v) is 4.76. The fourth-order valence-electron chi connectivity index (χ4n) is 3.55. The Kier molecular flexibility index (Phi) is 4.14. The van der Waals surface area contributed by atoms with E-state index < -0.39 is 0 Å². The Balaban J connectivity index is 1.96. The summed E-state index contributed by atoms with van der Waals surface area (Å²) >= 11 is 0. The first-order valence-electron chi connectivity index (χ1n) is 8.29. The molecule has 3 rings (SSSR count). The van der Waals surface area contributed by atoms with Crippen LogP contribution in [-0.2, 0) is 6.54 Å². The Bertz CT molecular complexity index is 632. The summed E-state index contributed by atoms with van der Waals surface area (Å²) in [5, 5.41) is 1.12. The van der Waals surface area contributed by atoms with Gasteiger partial charge in [0.15, 0.2) is 5.78 Å². The van der Waals surface area contributed by atoms with Gasteiger partial charge in [0.1, 0.15) is 0 Å². The topological polar surface area (TPSA) is 22.0 Å². The van der Waals surface area contributed by atoms with Crippen LogP contribution >= 0.6 is 0 Å². The van der Waals surface area contributed by atoms with Crippen LogP contribution in [0.4, 0.5) is 0 Å². The van der Waals surface area contributed by atoms with E-state index in [0.717, 1.165) is 23.4 Å². The lowest BCUT2D eigenvalue weighted by atomic mass is 9.89. The highest BCUT2D eigenvalue weighted by atomic mass is 16.1. The fourth-order valence-corrected chi connectivity index (χ4v) is 3.55. The van der Waals surface area contributed by atoms with E-state index in [1.807, 2.05) is 19.9 Å². The van der Waals surface area contributed by atoms with Gasteiger partial charge in [-0.15, -0.1) is 0 Å². The molecule has 2 heteroatoms. The Morgan fingerprint density at radius 2 is 1.90 bits per heavy atom. The van der Waals surface area contributed by atoms with E-state index in [4.69, 9.17) is 0 Å². The van der Waals surface area contributed by atoms with E-state index in [1.54, 1.807) is 0 Å². The Morgan fingerprint density at radius 1 is 1.19 bits per heavy atom. The molecule has 0 spiro atoms. The number of rotatable bonds is 4. The van der Waals surface area contributed by atoms with Gasteiger partial charge in [-0.1, -0.05) is 51.3 Å². The molecule has 1 aliphatic carbocycles. The summed E-state index contributed by atoms with van der Waals surface area (Å²) in [6.07, 6.45) is 8.88. The predicted molar refractivity (Wildman–Crippen MR) is 87.7 cm³/mol. The average Bonchev–Trinajstić information content (AvgIpc) is 2.86. The largest absolute Gasteiger partial charge is 0.346 e. The summed E-state index contributed by atoms with van der Waals surface area (Å²) in [6, 6.07) is 8.34. The van der Waals surface area contributed by atoms with Gasteiger partial charge in [-0.05, 0) is 24.8 Å². The molecule has 1 aliphatic rings. The van der Waals surface area contributed by atoms with Crippen molar-refractivity contribution < 1.29 is 4.79 Å². The highest BCUT2D eigenvalue weighted by molar-refractivity contribution is 6.08. The van der Waals surface area contributed by atoms with Crippen molar-refractivity contribution in [2.24, 2.45) is 11.8 Å². The molecule has 0 bridgehead atoms. The van der Waals surface area contributed by atoms with Crippen LogP contribution in [0.3, 0.4) is 0 Å². The van der Waals surface area contributed by atoms with Crippen molar-refractivity contribution >= 4 is 16.7 Å². The zero-order valence-electron chi connectivity index (χ0n) is 13.1. The first-order chi connectivity index (χ1) is 10.2. The lowest BCUT2D eigenvalue weighted by Crippen LogP contribution is -2.13. The zero-order chi connectivity index (χ0) is 14.8. The van der Waals surface area contributed by atoms with Gasteiger partial charge in [-0.3, -0.25) is 4.79 Å². The molecular weight excluding hydrogens is 258 g/mol. The lowest BCUT2D eigenvalue weighted by molar-refractivity contribution is 0.0941. The van der Waals surface area contributed by atoms with Gasteiger partial charge >= 0.3 is 0 Å². The Labute approximate surface area is 127 Å². The van der Waals surface area contributed by atoms with Crippen molar-refractivity contribution in [1.29, 1.82) is 0 Å². The second kappa shape index (κ2) is 6.05. The van der Waals surface area contributed by atoms with Gasteiger partial charge in [-0.25, -0.2) is 0 Å². The molecule has 1 fully saturated rings. The number of nitrogens with zero attached hydrogens (tertiary/aromatic N) is 1. The highest BCUT2D eigenvalue weighted by Crippen LogP contribution is 2.29. The van der Waals surface area contributed by atoms with Crippen LogP contribution in [0.2, 0.25) is 0 Å². The van der Waals surface area contributed by atoms with E-state index in [1.165, 1.54) is 37.6 Å². The minimum Gasteiger partial charge on any atom is -0.346 e. The van der Waals surface area contributed by atoms with Crippen molar-refractivity contribution in [2.75, 3.05) is 0 Å². The van der Waals surface area contributed by atoms with Gasteiger partial charge in [0, 0.05) is 35.1 Å². The molecular formula is C19H25NO. The summed E-state index contributed by atoms with van der Waals surface area (Å²) < 4.78 is 2.32. The van der Waals surface area contributed by atoms with Crippen molar-refractivity contribution in [3.8, 4) is 0 Å². The van der Waals surface area contributed by atoms with Gasteiger partial charge in [0.25, 0.3) is 0 Å². The predicted octanol–water partition coefficient (Wildman–Crippen LogP) is 5.06. The molecule has 0 amide bonds. The highest BCUT2D eigenvalue weighted by Gasteiger charge is 2.20. The average molecular weight is 283 g/mol. The molecule has 2 aromatic rings. The van der Waals surface area contributed by atoms with E-state index in [-0.39, 0.29) is 11.7 Å². The zero-order valence-corrected chi connectivity index (χ0v) is 13.1. The second-order valence-corrected chi connectivity index (χ2v) is 6.74. The smallest absolute Gasteiger partial charge is 0.167 e. The maximum atomic E-state index is 12.5. The molecule has 2 nitrogen and oxygen atoms in total. The van der Waals surface area contributed by atoms with Crippen LogP contribution in [0.15, 0.2) is 30.5 Å². The van der Waals surface area contributed by atoms with Crippen molar-refractivity contribution in [2.45, 2.75) is 52.5 Å². The number of benzene rings is 1. The van der Waals surface area contributed by atoms with Crippen molar-refractivity contribution in [1.82, 2.24) is 4.57 Å². The summed E-state index contributed by atoms with van der Waals surface area (Å²) in [4.78, 5) is 12.5. The number of Topliss-reactive ketones (excluding diaryl/α,β-unsaturated/α-hetero) is 1. The lowest BCUT2D eigenvalue weighted by Gasteiger charge is -2.22. The SMILES string of the molecule is CC(C)C(=O)c1cn(CC2CCCCC2)c2ccccc12. The van der Waals surface area contributed by atoms with Crippen molar-refractivity contribution in [3.63, 3.8) is 0 Å². The number of aromatic nitrogens is 1. The number of carbonyl (C=O) groups excluding carboxylic acids is 1. The van der Waals surface area contributed by atoms with E-state index in [9.17, 15) is 4.79 Å². The van der Waals surface area contributed by atoms with Crippen LogP contribution in [0.1, 0.15) is 56.3 Å². The number of hydrogen-bond acceptors (Lipinski definition) is 1. The second-order valence-electron chi connectivity index (χ2n) is 6.74. The minimum atomic E-state index is 0.0546. The molecule has 21 heavy (non-hydrogen) atoms. The van der Waals surface area contributed by atoms with E-state index in [0.29, 0.717) is 0 Å². The molecule has 0 radical (unpaired) electrons. The molecule has 0 saturated heterocycles. The van der Waals surface area contributed by atoms with Crippen LogP contribution in [0.25, 0.3) is 10.9 Å². The maximum Gasteiger partial charge on any atom is 0.167 e. The third kappa shape index (κ3) is 2.90. The summed E-state index contributed by atoms with van der Waals surface area (Å²) in [7, 11) is 0. The third-order valence-electron chi connectivity index (χ3n) is 4.76. The van der Waals surface area contributed by atoms with E-state index in [2.05, 4.69) is 29.0 Å².